The maximum absolute atomic E-state index is 13.0. The third-order valence-corrected chi connectivity index (χ3v) is 5.20. The van der Waals surface area contributed by atoms with E-state index in [1.807, 2.05) is 6.92 Å². The molecule has 9 heteroatoms. The highest BCUT2D eigenvalue weighted by Crippen LogP contribution is 2.38. The highest BCUT2D eigenvalue weighted by atomic mass is 19.4. The Morgan fingerprint density at radius 1 is 1.30 bits per heavy atom. The molecule has 3 rings (SSSR count). The van der Waals surface area contributed by atoms with Crippen molar-refractivity contribution in [3.05, 3.63) is 29.8 Å². The van der Waals surface area contributed by atoms with Crippen molar-refractivity contribution >= 4 is 17.9 Å². The molecule has 2 aliphatic rings. The fraction of sp³-hybridized carbons (Fsp3) is 0.500. The zero-order chi connectivity index (χ0) is 19.8. The van der Waals surface area contributed by atoms with Gasteiger partial charge in [-0.3, -0.25) is 9.69 Å². The minimum absolute atomic E-state index is 0.0883. The Morgan fingerprint density at radius 3 is 2.67 bits per heavy atom. The van der Waals surface area contributed by atoms with E-state index >= 15 is 0 Å². The van der Waals surface area contributed by atoms with Crippen LogP contribution in [-0.2, 0) is 15.8 Å². The van der Waals surface area contributed by atoms with Gasteiger partial charge in [0.15, 0.2) is 0 Å². The molecule has 1 aliphatic heterocycles. The number of nitrogens with zero attached hydrogens (tertiary/aromatic N) is 1. The van der Waals surface area contributed by atoms with E-state index in [0.717, 1.165) is 36.3 Å². The summed E-state index contributed by atoms with van der Waals surface area (Å²) in [7, 11) is 0. The largest absolute Gasteiger partial charge is 0.425 e. The molecular weight excluding hydrogens is 365 g/mol. The predicted molar refractivity (Wildman–Crippen MR) is 87.7 cm³/mol. The number of alkyl halides is 3. The molecule has 1 aromatic carbocycles. The van der Waals surface area contributed by atoms with Crippen LogP contribution >= 0.6 is 0 Å². The lowest BCUT2D eigenvalue weighted by Crippen LogP contribution is -2.54. The maximum Gasteiger partial charge on any atom is 0.419 e. The number of esters is 1. The topological polar surface area (TPSA) is 75.7 Å². The Morgan fingerprint density at radius 2 is 2.00 bits per heavy atom. The summed E-state index contributed by atoms with van der Waals surface area (Å²) in [6.07, 6.45) is -1.74. The SMILES string of the molecule is CC1CCCCC12NC(=O)N(CC(=O)Oc1ccccc1C(F)(F)F)C2=O. The number of nitrogens with one attached hydrogen (secondary N) is 1. The number of benzene rings is 1. The first-order valence-electron chi connectivity index (χ1n) is 8.66. The summed E-state index contributed by atoms with van der Waals surface area (Å²) >= 11 is 0. The van der Waals surface area contributed by atoms with Gasteiger partial charge in [0, 0.05) is 0 Å². The Labute approximate surface area is 153 Å². The highest BCUT2D eigenvalue weighted by Gasteiger charge is 2.55. The van der Waals surface area contributed by atoms with Gasteiger partial charge in [0.25, 0.3) is 5.91 Å². The number of rotatable bonds is 3. The third kappa shape index (κ3) is 3.50. The van der Waals surface area contributed by atoms with Gasteiger partial charge in [-0.15, -0.1) is 0 Å². The summed E-state index contributed by atoms with van der Waals surface area (Å²) in [5, 5.41) is 2.67. The monoisotopic (exact) mass is 384 g/mol. The van der Waals surface area contributed by atoms with Crippen molar-refractivity contribution < 1.29 is 32.3 Å². The van der Waals surface area contributed by atoms with Gasteiger partial charge in [-0.05, 0) is 30.9 Å². The number of urea groups is 1. The number of para-hydroxylation sites is 1. The Kier molecular flexibility index (Phi) is 4.88. The lowest BCUT2D eigenvalue weighted by Gasteiger charge is -2.36. The van der Waals surface area contributed by atoms with Gasteiger partial charge in [0.05, 0.1) is 5.56 Å². The molecule has 1 heterocycles. The zero-order valence-electron chi connectivity index (χ0n) is 14.6. The number of hydrogen-bond donors (Lipinski definition) is 1. The van der Waals surface area contributed by atoms with Crippen molar-refractivity contribution in [1.82, 2.24) is 10.2 Å². The molecule has 27 heavy (non-hydrogen) atoms. The van der Waals surface area contributed by atoms with Gasteiger partial charge in [-0.2, -0.15) is 13.2 Å². The van der Waals surface area contributed by atoms with Crippen molar-refractivity contribution in [1.29, 1.82) is 0 Å². The van der Waals surface area contributed by atoms with Gasteiger partial charge in [-0.25, -0.2) is 9.59 Å². The van der Waals surface area contributed by atoms with Gasteiger partial charge >= 0.3 is 18.2 Å². The Balaban J connectivity index is 1.74. The predicted octanol–water partition coefficient (Wildman–Crippen LogP) is 3.11. The molecule has 3 amide bonds. The van der Waals surface area contributed by atoms with Crippen LogP contribution in [0.1, 0.15) is 38.2 Å². The number of carbonyl (C=O) groups is 3. The van der Waals surface area contributed by atoms with Gasteiger partial charge in [-0.1, -0.05) is 31.9 Å². The van der Waals surface area contributed by atoms with Crippen LogP contribution in [0.25, 0.3) is 0 Å². The second-order valence-electron chi connectivity index (χ2n) is 6.91. The molecule has 2 fully saturated rings. The molecule has 1 saturated carbocycles. The van der Waals surface area contributed by atoms with Crippen molar-refractivity contribution in [3.63, 3.8) is 0 Å². The molecule has 1 N–H and O–H groups in total. The molecule has 2 unspecified atom stereocenters. The van der Waals surface area contributed by atoms with E-state index in [4.69, 9.17) is 4.74 Å². The van der Waals surface area contributed by atoms with Crippen LogP contribution in [0.3, 0.4) is 0 Å². The fourth-order valence-corrected chi connectivity index (χ4v) is 3.71. The minimum atomic E-state index is -4.70. The fourth-order valence-electron chi connectivity index (χ4n) is 3.71. The van der Waals surface area contributed by atoms with E-state index in [9.17, 15) is 27.6 Å². The van der Waals surface area contributed by atoms with E-state index in [1.54, 1.807) is 0 Å². The average molecular weight is 384 g/mol. The molecule has 1 aromatic rings. The second kappa shape index (κ2) is 6.86. The summed E-state index contributed by atoms with van der Waals surface area (Å²) in [5.74, 6) is -2.39. The average Bonchev–Trinajstić information content (AvgIpc) is 2.82. The first kappa shape index (κ1) is 19.2. The van der Waals surface area contributed by atoms with Crippen molar-refractivity contribution in [2.75, 3.05) is 6.54 Å². The molecular formula is C18H19F3N2O4. The summed E-state index contributed by atoms with van der Waals surface area (Å²) in [5.41, 5.74) is -2.15. The van der Waals surface area contributed by atoms with Crippen LogP contribution in [0.5, 0.6) is 5.75 Å². The number of amides is 3. The van der Waals surface area contributed by atoms with E-state index in [2.05, 4.69) is 5.32 Å². The van der Waals surface area contributed by atoms with Crippen LogP contribution < -0.4 is 10.1 Å². The van der Waals surface area contributed by atoms with Crippen LogP contribution in [0.15, 0.2) is 24.3 Å². The Bertz CT molecular complexity index is 780. The van der Waals surface area contributed by atoms with E-state index in [-0.39, 0.29) is 5.92 Å². The molecule has 2 atom stereocenters. The number of imide groups is 1. The molecule has 1 spiro atoms. The summed E-state index contributed by atoms with van der Waals surface area (Å²) in [4.78, 5) is 37.8. The lowest BCUT2D eigenvalue weighted by atomic mass is 9.73. The highest BCUT2D eigenvalue weighted by molar-refractivity contribution is 6.09. The van der Waals surface area contributed by atoms with Crippen molar-refractivity contribution in [2.24, 2.45) is 5.92 Å². The molecule has 0 bridgehead atoms. The van der Waals surface area contributed by atoms with Gasteiger partial charge in [0.1, 0.15) is 17.8 Å². The first-order chi connectivity index (χ1) is 12.6. The number of ether oxygens (including phenoxy) is 1. The second-order valence-corrected chi connectivity index (χ2v) is 6.91. The van der Waals surface area contributed by atoms with E-state index in [0.29, 0.717) is 6.42 Å². The van der Waals surface area contributed by atoms with Crippen LogP contribution in [-0.4, -0.2) is 34.9 Å². The molecule has 1 saturated heterocycles. The molecule has 146 valence electrons. The molecule has 0 radical (unpaired) electrons. The lowest BCUT2D eigenvalue weighted by molar-refractivity contribution is -0.145. The van der Waals surface area contributed by atoms with Crippen LogP contribution in [0.4, 0.5) is 18.0 Å². The van der Waals surface area contributed by atoms with Gasteiger partial charge in [0.2, 0.25) is 0 Å². The van der Waals surface area contributed by atoms with Crippen molar-refractivity contribution in [2.45, 2.75) is 44.3 Å². The number of carbonyl (C=O) groups excluding carboxylic acids is 3. The minimum Gasteiger partial charge on any atom is -0.425 e. The summed E-state index contributed by atoms with van der Waals surface area (Å²) in [6, 6.07) is 3.54. The zero-order valence-corrected chi connectivity index (χ0v) is 14.6. The normalized spacial score (nSPS) is 25.6. The van der Waals surface area contributed by atoms with E-state index < -0.39 is 47.5 Å². The summed E-state index contributed by atoms with van der Waals surface area (Å²) in [6.45, 7) is 1.12. The molecule has 1 aliphatic carbocycles. The van der Waals surface area contributed by atoms with Crippen molar-refractivity contribution in [3.8, 4) is 5.75 Å². The van der Waals surface area contributed by atoms with Gasteiger partial charge < -0.3 is 10.1 Å². The smallest absolute Gasteiger partial charge is 0.419 e. The molecule has 6 nitrogen and oxygen atoms in total. The van der Waals surface area contributed by atoms with Crippen LogP contribution in [0, 0.1) is 5.92 Å². The maximum atomic E-state index is 13.0. The first-order valence-corrected chi connectivity index (χ1v) is 8.66. The quantitative estimate of drug-likeness (QED) is 0.494. The number of halogens is 3. The third-order valence-electron chi connectivity index (χ3n) is 5.20. The Hall–Kier alpha value is -2.58. The number of hydrogen-bond acceptors (Lipinski definition) is 4. The molecule has 0 aromatic heterocycles. The van der Waals surface area contributed by atoms with Crippen LogP contribution in [0.2, 0.25) is 0 Å². The summed E-state index contributed by atoms with van der Waals surface area (Å²) < 4.78 is 43.8. The standard InChI is InChI=1S/C18H19F3N2O4/c1-11-6-4-5-9-17(11)15(25)23(16(26)22-17)10-14(24)27-13-8-3-2-7-12(13)18(19,20)21/h2-3,7-8,11H,4-6,9-10H2,1H3,(H,22,26). The van der Waals surface area contributed by atoms with E-state index in [1.165, 1.54) is 12.1 Å².